The molecule has 1 aromatic heterocycles. The van der Waals surface area contributed by atoms with E-state index in [0.29, 0.717) is 28.4 Å². The molecule has 1 N–H and O–H groups in total. The van der Waals surface area contributed by atoms with Gasteiger partial charge in [-0.3, -0.25) is 4.79 Å². The molecule has 198 valence electrons. The lowest BCUT2D eigenvalue weighted by atomic mass is 10.1. The molecule has 0 saturated carbocycles. The zero-order valence-electron chi connectivity index (χ0n) is 20.2. The largest absolute Gasteiger partial charge is 0.489 e. The van der Waals surface area contributed by atoms with Gasteiger partial charge >= 0.3 is 12.4 Å². The van der Waals surface area contributed by atoms with Crippen molar-refractivity contribution >= 4 is 11.6 Å². The molecule has 4 aromatic rings. The minimum Gasteiger partial charge on any atom is -0.489 e. The first-order valence-electron chi connectivity index (χ1n) is 11.4. The number of para-hydroxylation sites is 1. The molecular weight excluding hydrogens is 510 g/mol. The molecule has 38 heavy (non-hydrogen) atoms. The number of amides is 1. The zero-order valence-corrected chi connectivity index (χ0v) is 20.2. The maximum atomic E-state index is 13.6. The molecule has 1 heterocycles. The third-order valence-electron chi connectivity index (χ3n) is 5.88. The fraction of sp³-hybridized carbons (Fsp3) is 0.179. The second-order valence-electron chi connectivity index (χ2n) is 8.60. The topological polar surface area (TPSA) is 43.3 Å². The molecule has 0 spiro atoms. The average Bonchev–Trinajstić information content (AvgIpc) is 3.16. The van der Waals surface area contributed by atoms with Gasteiger partial charge in [0, 0.05) is 23.1 Å². The number of hydrogen-bond acceptors (Lipinski definition) is 2. The molecule has 0 fully saturated rings. The van der Waals surface area contributed by atoms with E-state index in [1.54, 1.807) is 32.0 Å². The van der Waals surface area contributed by atoms with Crippen molar-refractivity contribution in [3.63, 3.8) is 0 Å². The summed E-state index contributed by atoms with van der Waals surface area (Å²) in [7, 11) is 0. The molecule has 0 aliphatic rings. The number of nitrogens with zero attached hydrogens (tertiary/aromatic N) is 1. The van der Waals surface area contributed by atoms with Crippen LogP contribution in [0.1, 0.15) is 38.4 Å². The lowest BCUT2D eigenvalue weighted by molar-refractivity contribution is -0.138. The Bertz CT molecular complexity index is 1470. The molecule has 0 aliphatic heterocycles. The highest BCUT2D eigenvalue weighted by Gasteiger charge is 2.34. The molecule has 4 rings (SSSR count). The first-order valence-corrected chi connectivity index (χ1v) is 11.4. The molecular formula is C28H22F6N2O2. The summed E-state index contributed by atoms with van der Waals surface area (Å²) in [6.07, 6.45) is -9.04. The number of aromatic nitrogens is 1. The average molecular weight is 532 g/mol. The first kappa shape index (κ1) is 26.8. The highest BCUT2D eigenvalue weighted by atomic mass is 19.4. The van der Waals surface area contributed by atoms with Gasteiger partial charge in [0.2, 0.25) is 0 Å². The van der Waals surface area contributed by atoms with E-state index >= 15 is 0 Å². The lowest BCUT2D eigenvalue weighted by Crippen LogP contribution is -2.15. The maximum absolute atomic E-state index is 13.6. The van der Waals surface area contributed by atoms with E-state index in [9.17, 15) is 31.1 Å². The van der Waals surface area contributed by atoms with Crippen molar-refractivity contribution in [1.82, 2.24) is 4.57 Å². The summed E-state index contributed by atoms with van der Waals surface area (Å²) >= 11 is 0. The van der Waals surface area contributed by atoms with Crippen molar-refractivity contribution in [1.29, 1.82) is 0 Å². The van der Waals surface area contributed by atoms with Crippen LogP contribution in [0.3, 0.4) is 0 Å². The Kier molecular flexibility index (Phi) is 7.26. The maximum Gasteiger partial charge on any atom is 0.418 e. The Morgan fingerprint density at radius 2 is 1.55 bits per heavy atom. The van der Waals surface area contributed by atoms with Crippen LogP contribution in [0.15, 0.2) is 78.9 Å². The number of benzene rings is 3. The molecule has 3 aromatic carbocycles. The van der Waals surface area contributed by atoms with Crippen LogP contribution in [0.4, 0.5) is 32.0 Å². The van der Waals surface area contributed by atoms with Crippen LogP contribution < -0.4 is 10.1 Å². The number of hydrogen-bond donors (Lipinski definition) is 1. The van der Waals surface area contributed by atoms with E-state index in [0.717, 1.165) is 18.2 Å². The molecule has 0 bridgehead atoms. The van der Waals surface area contributed by atoms with Crippen LogP contribution in [-0.2, 0) is 19.0 Å². The number of halogens is 6. The van der Waals surface area contributed by atoms with Crippen molar-refractivity contribution < 1.29 is 35.9 Å². The highest BCUT2D eigenvalue weighted by molar-refractivity contribution is 6.05. The van der Waals surface area contributed by atoms with Gasteiger partial charge in [-0.15, -0.1) is 0 Å². The van der Waals surface area contributed by atoms with E-state index < -0.39 is 29.4 Å². The molecule has 10 heteroatoms. The van der Waals surface area contributed by atoms with E-state index in [-0.39, 0.29) is 17.9 Å². The number of nitrogens with one attached hydrogen (secondary N) is 1. The molecule has 4 nitrogen and oxygen atoms in total. The number of aryl methyl sites for hydroxylation is 1. The summed E-state index contributed by atoms with van der Waals surface area (Å²) in [6.45, 7) is 3.05. The minimum absolute atomic E-state index is 0.0842. The standard InChI is InChI=1S/C28H22F6N2O2/c1-17-13-23(18(2)36(17)25-12-4-3-11-24(25)28(32,33)34)26(37)35-21-9-6-10-22(15-21)38-16-19-7-5-8-20(14-19)27(29,30)31/h3-15H,16H2,1-2H3,(H,35,37). The minimum atomic E-state index is -4.57. The van der Waals surface area contributed by atoms with E-state index in [1.807, 2.05) is 0 Å². The van der Waals surface area contributed by atoms with E-state index in [1.165, 1.54) is 47.0 Å². The monoisotopic (exact) mass is 532 g/mol. The summed E-state index contributed by atoms with van der Waals surface area (Å²) in [6, 6.07) is 17.7. The predicted octanol–water partition coefficient (Wildman–Crippen LogP) is 7.96. The normalized spacial score (nSPS) is 11.9. The van der Waals surface area contributed by atoms with Crippen molar-refractivity contribution in [2.45, 2.75) is 32.8 Å². The molecule has 0 atom stereocenters. The first-order chi connectivity index (χ1) is 17.8. The van der Waals surface area contributed by atoms with Crippen molar-refractivity contribution in [2.75, 3.05) is 5.32 Å². The molecule has 0 aliphatic carbocycles. The molecule has 0 radical (unpaired) electrons. The summed E-state index contributed by atoms with van der Waals surface area (Å²) in [4.78, 5) is 13.0. The SMILES string of the molecule is Cc1cc(C(=O)Nc2cccc(OCc3cccc(C(F)(F)F)c3)c2)c(C)n1-c1ccccc1C(F)(F)F. The van der Waals surface area contributed by atoms with Gasteiger partial charge in [0.25, 0.3) is 5.91 Å². The Morgan fingerprint density at radius 3 is 2.26 bits per heavy atom. The number of carbonyl (C=O) groups excluding carboxylic acids is 1. The van der Waals surface area contributed by atoms with Gasteiger partial charge in [-0.25, -0.2) is 0 Å². The van der Waals surface area contributed by atoms with Crippen LogP contribution in [0, 0.1) is 13.8 Å². The van der Waals surface area contributed by atoms with Gasteiger partial charge < -0.3 is 14.6 Å². The zero-order chi connectivity index (χ0) is 27.7. The van der Waals surface area contributed by atoms with Gasteiger partial charge in [-0.1, -0.05) is 30.3 Å². The summed E-state index contributed by atoms with van der Waals surface area (Å²) < 4.78 is 86.5. The summed E-state index contributed by atoms with van der Waals surface area (Å²) in [5, 5.41) is 2.70. The van der Waals surface area contributed by atoms with Crippen molar-refractivity contribution in [3.8, 4) is 11.4 Å². The van der Waals surface area contributed by atoms with Gasteiger partial charge in [-0.2, -0.15) is 26.3 Å². The van der Waals surface area contributed by atoms with Crippen LogP contribution in [0.2, 0.25) is 0 Å². The quantitative estimate of drug-likeness (QED) is 0.256. The van der Waals surface area contributed by atoms with Crippen molar-refractivity contribution in [3.05, 3.63) is 113 Å². The molecule has 1 amide bonds. The van der Waals surface area contributed by atoms with Crippen LogP contribution in [0.5, 0.6) is 5.75 Å². The lowest BCUT2D eigenvalue weighted by Gasteiger charge is -2.17. The summed E-state index contributed by atoms with van der Waals surface area (Å²) in [5.74, 6) is -0.228. The van der Waals surface area contributed by atoms with Crippen LogP contribution >= 0.6 is 0 Å². The van der Waals surface area contributed by atoms with Gasteiger partial charge in [0.1, 0.15) is 12.4 Å². The Hall–Kier alpha value is -4.21. The Balaban J connectivity index is 1.52. The third-order valence-corrected chi connectivity index (χ3v) is 5.88. The summed E-state index contributed by atoms with van der Waals surface area (Å²) in [5.41, 5.74) is -0.0581. The Morgan fingerprint density at radius 1 is 0.842 bits per heavy atom. The third kappa shape index (κ3) is 5.85. The number of rotatable bonds is 6. The second kappa shape index (κ2) is 10.3. The number of carbonyl (C=O) groups is 1. The smallest absolute Gasteiger partial charge is 0.418 e. The van der Waals surface area contributed by atoms with Gasteiger partial charge in [0.15, 0.2) is 0 Å². The van der Waals surface area contributed by atoms with Crippen LogP contribution in [0.25, 0.3) is 5.69 Å². The second-order valence-corrected chi connectivity index (χ2v) is 8.60. The number of anilines is 1. The highest BCUT2D eigenvalue weighted by Crippen LogP contribution is 2.35. The molecule has 0 unspecified atom stereocenters. The Labute approximate surface area is 214 Å². The number of ether oxygens (including phenoxy) is 1. The van der Waals surface area contributed by atoms with Gasteiger partial charge in [-0.05, 0) is 61.9 Å². The number of alkyl halides is 6. The molecule has 0 saturated heterocycles. The van der Waals surface area contributed by atoms with Crippen LogP contribution in [-0.4, -0.2) is 10.5 Å². The predicted molar refractivity (Wildman–Crippen MR) is 130 cm³/mol. The van der Waals surface area contributed by atoms with E-state index in [4.69, 9.17) is 4.74 Å². The van der Waals surface area contributed by atoms with E-state index in [2.05, 4.69) is 5.32 Å². The fourth-order valence-electron chi connectivity index (χ4n) is 4.14. The fourth-order valence-corrected chi connectivity index (χ4v) is 4.14. The van der Waals surface area contributed by atoms with Crippen molar-refractivity contribution in [2.24, 2.45) is 0 Å². The van der Waals surface area contributed by atoms with Gasteiger partial charge in [0.05, 0.1) is 22.4 Å².